The molecule has 0 saturated heterocycles. The average Bonchev–Trinajstić information content (AvgIpc) is 3.13. The Morgan fingerprint density at radius 3 is 2.45 bits per heavy atom. The van der Waals surface area contributed by atoms with E-state index in [0.717, 1.165) is 28.4 Å². The highest BCUT2D eigenvalue weighted by atomic mass is 35.5. The zero-order valence-electron chi connectivity index (χ0n) is 15.6. The van der Waals surface area contributed by atoms with Crippen molar-refractivity contribution in [3.63, 3.8) is 0 Å². The molecule has 0 unspecified atom stereocenters. The van der Waals surface area contributed by atoms with E-state index in [1.54, 1.807) is 13.2 Å². The molecular formula is C20H19ClN4O3S. The highest BCUT2D eigenvalue weighted by Crippen LogP contribution is 2.22. The Kier molecular flexibility index (Phi) is 6.69. The third-order valence-electron chi connectivity index (χ3n) is 4.16. The van der Waals surface area contributed by atoms with Crippen LogP contribution in [-0.4, -0.2) is 23.3 Å². The van der Waals surface area contributed by atoms with Gasteiger partial charge in [0.05, 0.1) is 12.8 Å². The van der Waals surface area contributed by atoms with E-state index in [-0.39, 0.29) is 28.7 Å². The lowest BCUT2D eigenvalue weighted by molar-refractivity contribution is 0.0946. The minimum Gasteiger partial charge on any atom is -0.497 e. The van der Waals surface area contributed by atoms with Gasteiger partial charge in [0.25, 0.3) is 11.8 Å². The number of anilines is 1. The van der Waals surface area contributed by atoms with Crippen LogP contribution in [0.15, 0.2) is 48.5 Å². The molecule has 150 valence electrons. The van der Waals surface area contributed by atoms with E-state index in [1.807, 2.05) is 42.5 Å². The van der Waals surface area contributed by atoms with Gasteiger partial charge >= 0.3 is 0 Å². The summed E-state index contributed by atoms with van der Waals surface area (Å²) in [4.78, 5) is 25.0. The number of amides is 2. The number of aromatic nitrogens is 1. The number of nitrogens with two attached hydrogens (primary N) is 1. The van der Waals surface area contributed by atoms with Crippen molar-refractivity contribution in [3.05, 3.63) is 75.3 Å². The summed E-state index contributed by atoms with van der Waals surface area (Å²) in [5.74, 6) is -0.118. The second-order valence-electron chi connectivity index (χ2n) is 6.08. The maximum atomic E-state index is 12.4. The summed E-state index contributed by atoms with van der Waals surface area (Å²) in [6.07, 6.45) is 0. The predicted molar refractivity (Wildman–Crippen MR) is 113 cm³/mol. The topological polar surface area (TPSA) is 106 Å². The summed E-state index contributed by atoms with van der Waals surface area (Å²) < 4.78 is 9.15. The second-order valence-corrected chi connectivity index (χ2v) is 7.26. The van der Waals surface area contributed by atoms with Gasteiger partial charge in [0.15, 0.2) is 5.69 Å². The number of hydrogen-bond acceptors (Lipinski definition) is 6. The number of ether oxygens (including phenoxy) is 1. The first-order chi connectivity index (χ1) is 14.0. The van der Waals surface area contributed by atoms with E-state index in [4.69, 9.17) is 22.1 Å². The lowest BCUT2D eigenvalue weighted by Crippen LogP contribution is -2.25. The molecule has 0 fully saturated rings. The van der Waals surface area contributed by atoms with Crippen LogP contribution in [0.1, 0.15) is 31.3 Å². The van der Waals surface area contributed by atoms with Crippen LogP contribution in [0.2, 0.25) is 5.02 Å². The van der Waals surface area contributed by atoms with Crippen molar-refractivity contribution in [3.8, 4) is 5.75 Å². The van der Waals surface area contributed by atoms with Gasteiger partial charge in [-0.25, -0.2) is 0 Å². The average molecular weight is 431 g/mol. The minimum absolute atomic E-state index is 0.0247. The minimum atomic E-state index is -0.465. The predicted octanol–water partition coefficient (Wildman–Crippen LogP) is 3.25. The van der Waals surface area contributed by atoms with Crippen molar-refractivity contribution < 1.29 is 14.3 Å². The SMILES string of the molecule is COc1ccc(CNC(=O)c2snc(C(=O)NCc3ccccc3Cl)c2N)cc1. The molecule has 7 nitrogen and oxygen atoms in total. The van der Waals surface area contributed by atoms with E-state index >= 15 is 0 Å². The number of rotatable bonds is 7. The number of carbonyl (C=O) groups is 2. The number of halogens is 1. The Morgan fingerprint density at radius 1 is 1.07 bits per heavy atom. The summed E-state index contributed by atoms with van der Waals surface area (Å²) in [5.41, 5.74) is 7.75. The molecular weight excluding hydrogens is 412 g/mol. The van der Waals surface area contributed by atoms with Crippen LogP contribution >= 0.6 is 23.1 Å². The third-order valence-corrected chi connectivity index (χ3v) is 5.39. The molecule has 0 radical (unpaired) electrons. The smallest absolute Gasteiger partial charge is 0.273 e. The first kappa shape index (κ1) is 20.6. The van der Waals surface area contributed by atoms with Crippen LogP contribution in [0.4, 0.5) is 5.69 Å². The Labute approximate surface area is 177 Å². The van der Waals surface area contributed by atoms with E-state index in [0.29, 0.717) is 11.6 Å². The molecule has 3 rings (SSSR count). The number of nitrogens with zero attached hydrogens (tertiary/aromatic N) is 1. The highest BCUT2D eigenvalue weighted by Gasteiger charge is 2.22. The van der Waals surface area contributed by atoms with Crippen molar-refractivity contribution in [2.45, 2.75) is 13.1 Å². The lowest BCUT2D eigenvalue weighted by atomic mass is 10.2. The summed E-state index contributed by atoms with van der Waals surface area (Å²) in [5, 5.41) is 6.04. The van der Waals surface area contributed by atoms with Crippen LogP contribution in [-0.2, 0) is 13.1 Å². The Hall–Kier alpha value is -3.10. The fourth-order valence-electron chi connectivity index (χ4n) is 2.53. The molecule has 4 N–H and O–H groups in total. The first-order valence-corrected chi connectivity index (χ1v) is 9.82. The maximum Gasteiger partial charge on any atom is 0.273 e. The highest BCUT2D eigenvalue weighted by molar-refractivity contribution is 7.09. The standard InChI is InChI=1S/C20H19ClN4O3S/c1-28-14-8-6-12(7-9-14)10-23-20(27)18-16(22)17(25-29-18)19(26)24-11-13-4-2-3-5-15(13)21/h2-9H,10-11,22H2,1H3,(H,23,27)(H,24,26). The zero-order chi connectivity index (χ0) is 20.8. The largest absolute Gasteiger partial charge is 0.497 e. The van der Waals surface area contributed by atoms with Crippen molar-refractivity contribution in [2.75, 3.05) is 12.8 Å². The van der Waals surface area contributed by atoms with E-state index < -0.39 is 5.91 Å². The number of carbonyl (C=O) groups excluding carboxylic acids is 2. The molecule has 2 amide bonds. The first-order valence-electron chi connectivity index (χ1n) is 8.67. The van der Waals surface area contributed by atoms with Gasteiger partial charge < -0.3 is 21.1 Å². The van der Waals surface area contributed by atoms with Crippen LogP contribution in [0, 0.1) is 0 Å². The van der Waals surface area contributed by atoms with Crippen LogP contribution in [0.25, 0.3) is 0 Å². The number of hydrogen-bond donors (Lipinski definition) is 3. The molecule has 1 aromatic heterocycles. The quantitative estimate of drug-likeness (QED) is 0.533. The second kappa shape index (κ2) is 9.40. The molecule has 0 spiro atoms. The number of methoxy groups -OCH3 is 1. The van der Waals surface area contributed by atoms with Gasteiger partial charge in [-0.2, -0.15) is 4.37 Å². The summed E-state index contributed by atoms with van der Waals surface area (Å²) in [6.45, 7) is 0.544. The molecule has 0 atom stereocenters. The normalized spacial score (nSPS) is 10.4. The Morgan fingerprint density at radius 2 is 1.76 bits per heavy atom. The third kappa shape index (κ3) is 5.04. The molecule has 3 aromatic rings. The van der Waals surface area contributed by atoms with Gasteiger partial charge in [-0.3, -0.25) is 9.59 Å². The Balaban J connectivity index is 1.60. The van der Waals surface area contributed by atoms with Crippen molar-refractivity contribution >= 4 is 40.6 Å². The van der Waals surface area contributed by atoms with E-state index in [9.17, 15) is 9.59 Å². The molecule has 0 bridgehead atoms. The molecule has 0 saturated carbocycles. The van der Waals surface area contributed by atoms with Gasteiger partial charge in [-0.05, 0) is 40.9 Å². The fourth-order valence-corrected chi connectivity index (χ4v) is 3.45. The maximum absolute atomic E-state index is 12.4. The summed E-state index contributed by atoms with van der Waals surface area (Å²) >= 11 is 6.97. The molecule has 29 heavy (non-hydrogen) atoms. The summed E-state index contributed by atoms with van der Waals surface area (Å²) in [6, 6.07) is 14.5. The van der Waals surface area contributed by atoms with E-state index in [2.05, 4.69) is 15.0 Å². The zero-order valence-corrected chi connectivity index (χ0v) is 17.1. The summed E-state index contributed by atoms with van der Waals surface area (Å²) in [7, 11) is 1.59. The molecule has 2 aromatic carbocycles. The van der Waals surface area contributed by atoms with Gasteiger partial charge in [-0.1, -0.05) is 41.9 Å². The van der Waals surface area contributed by atoms with Crippen molar-refractivity contribution in [1.82, 2.24) is 15.0 Å². The molecule has 9 heteroatoms. The molecule has 0 aliphatic carbocycles. The van der Waals surface area contributed by atoms with Gasteiger partial charge in [0.1, 0.15) is 10.6 Å². The monoisotopic (exact) mass is 430 g/mol. The van der Waals surface area contributed by atoms with Crippen molar-refractivity contribution in [2.24, 2.45) is 0 Å². The molecule has 0 aliphatic heterocycles. The van der Waals surface area contributed by atoms with Gasteiger partial charge in [-0.15, -0.1) is 0 Å². The van der Waals surface area contributed by atoms with Gasteiger partial charge in [0.2, 0.25) is 0 Å². The lowest BCUT2D eigenvalue weighted by Gasteiger charge is -2.07. The van der Waals surface area contributed by atoms with Gasteiger partial charge in [0, 0.05) is 18.1 Å². The van der Waals surface area contributed by atoms with Crippen LogP contribution in [0.5, 0.6) is 5.75 Å². The fraction of sp³-hybridized carbons (Fsp3) is 0.150. The molecule has 1 heterocycles. The van der Waals surface area contributed by atoms with Crippen LogP contribution in [0.3, 0.4) is 0 Å². The Bertz CT molecular complexity index is 1020. The number of benzene rings is 2. The van der Waals surface area contributed by atoms with Crippen LogP contribution < -0.4 is 21.1 Å². The van der Waals surface area contributed by atoms with E-state index in [1.165, 1.54) is 0 Å². The molecule has 0 aliphatic rings. The van der Waals surface area contributed by atoms with Crippen molar-refractivity contribution in [1.29, 1.82) is 0 Å². The number of nitrogens with one attached hydrogen (secondary N) is 2. The number of nitrogen functional groups attached to an aromatic ring is 1.